The van der Waals surface area contributed by atoms with Gasteiger partial charge in [-0.1, -0.05) is 34.5 Å². The molecule has 0 bridgehead atoms. The Morgan fingerprint density at radius 3 is 3.05 bits per heavy atom. The smallest absolute Gasteiger partial charge is 0.226 e. The molecular formula is C17H23BrN2O2. The standard InChI is InChI=1S/C17H23BrN2O2/c18-14-5-1-3-12(9-14)16-11-20(7-8-22-16)17(21)15-6-2-4-13(15)10-19/h1,3,5,9,13,15-16H,2,4,6-8,10-11,19H2/t13-,15-,16?/m1/s1. The summed E-state index contributed by atoms with van der Waals surface area (Å²) in [6, 6.07) is 8.13. The maximum Gasteiger partial charge on any atom is 0.226 e. The predicted molar refractivity (Wildman–Crippen MR) is 89.3 cm³/mol. The van der Waals surface area contributed by atoms with Crippen molar-refractivity contribution in [2.45, 2.75) is 25.4 Å². The number of ether oxygens (including phenoxy) is 1. The highest BCUT2D eigenvalue weighted by Crippen LogP contribution is 2.34. The molecule has 2 fully saturated rings. The van der Waals surface area contributed by atoms with Crippen molar-refractivity contribution in [2.24, 2.45) is 17.6 Å². The van der Waals surface area contributed by atoms with Gasteiger partial charge in [-0.25, -0.2) is 0 Å². The molecule has 1 heterocycles. The van der Waals surface area contributed by atoms with Crippen molar-refractivity contribution in [2.75, 3.05) is 26.2 Å². The van der Waals surface area contributed by atoms with Crippen molar-refractivity contribution in [3.05, 3.63) is 34.3 Å². The van der Waals surface area contributed by atoms with Crippen LogP contribution in [-0.4, -0.2) is 37.0 Å². The number of morpholine rings is 1. The molecule has 1 amide bonds. The zero-order valence-corrected chi connectivity index (χ0v) is 14.3. The second-order valence-corrected chi connectivity index (χ2v) is 7.15. The lowest BCUT2D eigenvalue weighted by Crippen LogP contribution is -2.46. The quantitative estimate of drug-likeness (QED) is 0.894. The highest BCUT2D eigenvalue weighted by Gasteiger charge is 2.36. The number of nitrogens with two attached hydrogens (primary N) is 1. The number of hydrogen-bond acceptors (Lipinski definition) is 3. The molecule has 0 spiro atoms. The van der Waals surface area contributed by atoms with Crippen molar-refractivity contribution in [3.63, 3.8) is 0 Å². The monoisotopic (exact) mass is 366 g/mol. The molecular weight excluding hydrogens is 344 g/mol. The average Bonchev–Trinajstić information content (AvgIpc) is 3.03. The van der Waals surface area contributed by atoms with E-state index in [1.165, 1.54) is 0 Å². The highest BCUT2D eigenvalue weighted by atomic mass is 79.9. The van der Waals surface area contributed by atoms with Gasteiger partial charge in [-0.05, 0) is 43.0 Å². The zero-order chi connectivity index (χ0) is 15.5. The molecule has 2 aliphatic rings. The van der Waals surface area contributed by atoms with E-state index >= 15 is 0 Å². The Morgan fingerprint density at radius 1 is 1.41 bits per heavy atom. The van der Waals surface area contributed by atoms with Gasteiger partial charge in [0.15, 0.2) is 0 Å². The van der Waals surface area contributed by atoms with Gasteiger partial charge in [0, 0.05) is 16.9 Å². The summed E-state index contributed by atoms with van der Waals surface area (Å²) in [4.78, 5) is 14.8. The highest BCUT2D eigenvalue weighted by molar-refractivity contribution is 9.10. The van der Waals surface area contributed by atoms with Crippen LogP contribution < -0.4 is 5.73 Å². The summed E-state index contributed by atoms with van der Waals surface area (Å²) in [6.07, 6.45) is 3.16. The fourth-order valence-corrected chi connectivity index (χ4v) is 4.05. The molecule has 3 atom stereocenters. The maximum absolute atomic E-state index is 12.8. The van der Waals surface area contributed by atoms with E-state index in [1.807, 2.05) is 17.0 Å². The molecule has 0 radical (unpaired) electrons. The van der Waals surface area contributed by atoms with Gasteiger partial charge in [0.2, 0.25) is 5.91 Å². The van der Waals surface area contributed by atoms with Crippen LogP contribution in [0.4, 0.5) is 0 Å². The Bertz CT molecular complexity index is 537. The van der Waals surface area contributed by atoms with Crippen LogP contribution in [0.5, 0.6) is 0 Å². The summed E-state index contributed by atoms with van der Waals surface area (Å²) in [5.41, 5.74) is 6.95. The van der Waals surface area contributed by atoms with E-state index in [2.05, 4.69) is 28.1 Å². The van der Waals surface area contributed by atoms with E-state index in [0.29, 0.717) is 32.2 Å². The second kappa shape index (κ2) is 7.11. The number of nitrogens with zero attached hydrogens (tertiary/aromatic N) is 1. The van der Waals surface area contributed by atoms with Gasteiger partial charge in [-0.2, -0.15) is 0 Å². The summed E-state index contributed by atoms with van der Waals surface area (Å²) < 4.78 is 6.91. The molecule has 22 heavy (non-hydrogen) atoms. The van der Waals surface area contributed by atoms with Crippen molar-refractivity contribution < 1.29 is 9.53 Å². The molecule has 120 valence electrons. The minimum absolute atomic E-state index is 0.0343. The van der Waals surface area contributed by atoms with E-state index < -0.39 is 0 Å². The summed E-state index contributed by atoms with van der Waals surface area (Å²) in [5.74, 6) is 0.752. The van der Waals surface area contributed by atoms with Crippen molar-refractivity contribution in [3.8, 4) is 0 Å². The second-order valence-electron chi connectivity index (χ2n) is 6.23. The normalized spacial score (nSPS) is 28.8. The number of carbonyl (C=O) groups is 1. The minimum atomic E-state index is -0.0343. The summed E-state index contributed by atoms with van der Waals surface area (Å²) >= 11 is 3.49. The third-order valence-electron chi connectivity index (χ3n) is 4.88. The molecule has 1 aliphatic heterocycles. The molecule has 0 aromatic heterocycles. The topological polar surface area (TPSA) is 55.6 Å². The molecule has 3 rings (SSSR count). The summed E-state index contributed by atoms with van der Waals surface area (Å²) in [5, 5.41) is 0. The fraction of sp³-hybridized carbons (Fsp3) is 0.588. The van der Waals surface area contributed by atoms with Crippen molar-refractivity contribution >= 4 is 21.8 Å². The number of rotatable bonds is 3. The zero-order valence-electron chi connectivity index (χ0n) is 12.7. The lowest BCUT2D eigenvalue weighted by molar-refractivity contribution is -0.144. The lowest BCUT2D eigenvalue weighted by Gasteiger charge is -2.35. The molecule has 1 aliphatic carbocycles. The molecule has 1 unspecified atom stereocenters. The maximum atomic E-state index is 12.8. The number of benzene rings is 1. The van der Waals surface area contributed by atoms with E-state index in [1.54, 1.807) is 0 Å². The number of hydrogen-bond donors (Lipinski definition) is 1. The third kappa shape index (κ3) is 3.36. The Hall–Kier alpha value is -0.910. The average molecular weight is 367 g/mol. The van der Waals surface area contributed by atoms with E-state index in [9.17, 15) is 4.79 Å². The van der Waals surface area contributed by atoms with Crippen LogP contribution in [0, 0.1) is 11.8 Å². The molecule has 2 N–H and O–H groups in total. The lowest BCUT2D eigenvalue weighted by atomic mass is 9.94. The Labute approximate surface area is 140 Å². The Morgan fingerprint density at radius 2 is 2.27 bits per heavy atom. The molecule has 1 saturated carbocycles. The van der Waals surface area contributed by atoms with Crippen LogP contribution in [0.15, 0.2) is 28.7 Å². The minimum Gasteiger partial charge on any atom is -0.370 e. The van der Waals surface area contributed by atoms with Crippen LogP contribution >= 0.6 is 15.9 Å². The van der Waals surface area contributed by atoms with Crippen LogP contribution in [0.25, 0.3) is 0 Å². The van der Waals surface area contributed by atoms with Gasteiger partial charge < -0.3 is 15.4 Å². The van der Waals surface area contributed by atoms with Crippen molar-refractivity contribution in [1.29, 1.82) is 0 Å². The Balaban J connectivity index is 1.69. The van der Waals surface area contributed by atoms with Gasteiger partial charge in [0.1, 0.15) is 6.10 Å². The van der Waals surface area contributed by atoms with Crippen LogP contribution in [-0.2, 0) is 9.53 Å². The molecule has 1 saturated heterocycles. The van der Waals surface area contributed by atoms with Crippen molar-refractivity contribution in [1.82, 2.24) is 4.90 Å². The number of halogens is 1. The van der Waals surface area contributed by atoms with Gasteiger partial charge in [-0.15, -0.1) is 0 Å². The first kappa shape index (κ1) is 16.0. The molecule has 5 heteroatoms. The van der Waals surface area contributed by atoms with E-state index in [-0.39, 0.29) is 17.9 Å². The van der Waals surface area contributed by atoms with Gasteiger partial charge in [-0.3, -0.25) is 4.79 Å². The predicted octanol–water partition coefficient (Wildman–Crippen LogP) is 2.72. The first-order valence-corrected chi connectivity index (χ1v) is 8.84. The molecule has 4 nitrogen and oxygen atoms in total. The van der Waals surface area contributed by atoms with Crippen LogP contribution in [0.2, 0.25) is 0 Å². The fourth-order valence-electron chi connectivity index (χ4n) is 3.64. The number of amides is 1. The first-order valence-electron chi connectivity index (χ1n) is 8.05. The number of carbonyl (C=O) groups excluding carboxylic acids is 1. The molecule has 1 aromatic rings. The Kier molecular flexibility index (Phi) is 5.16. The summed E-state index contributed by atoms with van der Waals surface area (Å²) in [7, 11) is 0. The first-order chi connectivity index (χ1) is 10.7. The van der Waals surface area contributed by atoms with Gasteiger partial charge in [0.25, 0.3) is 0 Å². The molecule has 1 aromatic carbocycles. The summed E-state index contributed by atoms with van der Waals surface area (Å²) in [6.45, 7) is 2.55. The van der Waals surface area contributed by atoms with Crippen LogP contribution in [0.3, 0.4) is 0 Å². The SMILES string of the molecule is NC[C@H]1CCC[C@H]1C(=O)N1CCOC(c2cccc(Br)c2)C1. The van der Waals surface area contributed by atoms with Gasteiger partial charge >= 0.3 is 0 Å². The largest absolute Gasteiger partial charge is 0.370 e. The van der Waals surface area contributed by atoms with Gasteiger partial charge in [0.05, 0.1) is 13.2 Å². The van der Waals surface area contributed by atoms with Crippen LogP contribution in [0.1, 0.15) is 30.9 Å². The van der Waals surface area contributed by atoms with E-state index in [0.717, 1.165) is 29.3 Å². The van der Waals surface area contributed by atoms with E-state index in [4.69, 9.17) is 10.5 Å². The third-order valence-corrected chi connectivity index (χ3v) is 5.37.